The molecule has 4 saturated carbocycles. The molecular formula is C25H35NO7. The molecule has 4 bridgehead atoms. The number of ether oxygens (including phenoxy) is 3. The van der Waals surface area contributed by atoms with Crippen LogP contribution in [0.4, 0.5) is 0 Å². The van der Waals surface area contributed by atoms with Gasteiger partial charge in [-0.2, -0.15) is 0 Å². The molecule has 0 aromatic carbocycles. The zero-order valence-corrected chi connectivity index (χ0v) is 19.6. The van der Waals surface area contributed by atoms with Crippen molar-refractivity contribution in [1.29, 1.82) is 0 Å². The molecular weight excluding hydrogens is 426 g/mol. The van der Waals surface area contributed by atoms with Crippen molar-refractivity contribution in [2.24, 2.45) is 17.3 Å². The summed E-state index contributed by atoms with van der Waals surface area (Å²) in [6.45, 7) is 4.22. The molecule has 4 aliphatic carbocycles. The van der Waals surface area contributed by atoms with Gasteiger partial charge in [-0.25, -0.2) is 0 Å². The molecule has 1 saturated heterocycles. The first kappa shape index (κ1) is 22.6. The summed E-state index contributed by atoms with van der Waals surface area (Å²) < 4.78 is 18.9. The maximum atomic E-state index is 13.3. The third-order valence-corrected chi connectivity index (χ3v) is 8.43. The number of aromatic nitrogens is 1. The van der Waals surface area contributed by atoms with Crippen molar-refractivity contribution in [1.82, 2.24) is 4.57 Å². The lowest BCUT2D eigenvalue weighted by Crippen LogP contribution is -2.60. The van der Waals surface area contributed by atoms with Crippen molar-refractivity contribution < 1.29 is 34.0 Å². The molecule has 182 valence electrons. The normalized spacial score (nSPS) is 34.9. The van der Waals surface area contributed by atoms with E-state index in [-0.39, 0.29) is 36.7 Å². The number of rotatable bonds is 6. The Morgan fingerprint density at radius 2 is 1.73 bits per heavy atom. The molecule has 5 fully saturated rings. The first-order valence-corrected chi connectivity index (χ1v) is 12.3. The molecule has 1 aromatic rings. The van der Waals surface area contributed by atoms with Gasteiger partial charge in [0.2, 0.25) is 6.29 Å². The van der Waals surface area contributed by atoms with E-state index in [4.69, 9.17) is 14.2 Å². The molecule has 5 aliphatic rings. The standard InChI is InChI=1S/C25H35NO7/c1-15-16(2)22(29)26(21(15)28)7-6-19(27)33-25-12-17-9-18(13-25)11-24(10-17,14-25)23(30)32-20-5-3-4-8-31-20/h17-18,20,28-29H,3-14H2,1-2H3. The van der Waals surface area contributed by atoms with E-state index in [1.807, 2.05) is 0 Å². The van der Waals surface area contributed by atoms with E-state index in [9.17, 15) is 19.8 Å². The van der Waals surface area contributed by atoms with Crippen molar-refractivity contribution in [3.8, 4) is 11.8 Å². The quantitative estimate of drug-likeness (QED) is 0.620. The Labute approximate surface area is 194 Å². The number of carbonyl (C=O) groups excluding carboxylic acids is 2. The van der Waals surface area contributed by atoms with Crippen LogP contribution in [0.15, 0.2) is 0 Å². The van der Waals surface area contributed by atoms with Crippen molar-refractivity contribution in [3.05, 3.63) is 11.1 Å². The number of esters is 2. The van der Waals surface area contributed by atoms with E-state index in [0.717, 1.165) is 51.4 Å². The van der Waals surface area contributed by atoms with Gasteiger partial charge in [-0.1, -0.05) is 0 Å². The molecule has 2 N–H and O–H groups in total. The Kier molecular flexibility index (Phi) is 5.62. The van der Waals surface area contributed by atoms with Crippen LogP contribution in [0.2, 0.25) is 0 Å². The molecule has 1 aromatic heterocycles. The predicted molar refractivity (Wildman–Crippen MR) is 117 cm³/mol. The van der Waals surface area contributed by atoms with Crippen LogP contribution in [0.25, 0.3) is 0 Å². The molecule has 8 nitrogen and oxygen atoms in total. The van der Waals surface area contributed by atoms with E-state index >= 15 is 0 Å². The van der Waals surface area contributed by atoms with Crippen molar-refractivity contribution >= 4 is 11.9 Å². The van der Waals surface area contributed by atoms with Gasteiger partial charge >= 0.3 is 11.9 Å². The smallest absolute Gasteiger partial charge is 0.314 e. The molecule has 0 amide bonds. The second kappa shape index (κ2) is 8.22. The zero-order chi connectivity index (χ0) is 23.4. The minimum absolute atomic E-state index is 0.0285. The van der Waals surface area contributed by atoms with Crippen molar-refractivity contribution in [2.45, 2.75) is 96.5 Å². The molecule has 2 heterocycles. The fourth-order valence-corrected chi connectivity index (χ4v) is 7.13. The number of carbonyl (C=O) groups is 2. The first-order valence-electron chi connectivity index (χ1n) is 12.3. The average Bonchev–Trinajstić information content (AvgIpc) is 2.94. The third kappa shape index (κ3) is 4.00. The topological polar surface area (TPSA) is 107 Å². The minimum atomic E-state index is -0.625. The van der Waals surface area contributed by atoms with Gasteiger partial charge in [-0.05, 0) is 70.6 Å². The number of nitrogens with zero attached hydrogens (tertiary/aromatic N) is 1. The molecule has 8 heteroatoms. The molecule has 33 heavy (non-hydrogen) atoms. The summed E-state index contributed by atoms with van der Waals surface area (Å²) in [6, 6.07) is 0. The zero-order valence-electron chi connectivity index (χ0n) is 19.6. The fraction of sp³-hybridized carbons (Fsp3) is 0.760. The van der Waals surface area contributed by atoms with Crippen molar-refractivity contribution in [2.75, 3.05) is 6.61 Å². The molecule has 3 unspecified atom stereocenters. The average molecular weight is 462 g/mol. The number of hydrogen-bond acceptors (Lipinski definition) is 7. The molecule has 1 aliphatic heterocycles. The second-order valence-corrected chi connectivity index (χ2v) is 10.9. The Morgan fingerprint density at radius 1 is 1.06 bits per heavy atom. The van der Waals surface area contributed by atoms with E-state index in [1.54, 1.807) is 13.8 Å². The van der Waals surface area contributed by atoms with Crippen molar-refractivity contribution in [3.63, 3.8) is 0 Å². The van der Waals surface area contributed by atoms with Gasteiger partial charge in [0.1, 0.15) is 5.60 Å². The summed E-state index contributed by atoms with van der Waals surface area (Å²) in [5.41, 5.74) is -0.00923. The lowest BCUT2D eigenvalue weighted by molar-refractivity contribution is -0.229. The van der Waals surface area contributed by atoms with E-state index in [1.165, 1.54) is 4.57 Å². The third-order valence-electron chi connectivity index (χ3n) is 8.43. The van der Waals surface area contributed by atoms with Crippen LogP contribution >= 0.6 is 0 Å². The van der Waals surface area contributed by atoms with Gasteiger partial charge in [-0.15, -0.1) is 0 Å². The Hall–Kier alpha value is -2.22. The maximum absolute atomic E-state index is 13.3. The Balaban J connectivity index is 1.26. The van der Waals surface area contributed by atoms with E-state index in [0.29, 0.717) is 36.0 Å². The number of aromatic hydroxyl groups is 2. The van der Waals surface area contributed by atoms with E-state index in [2.05, 4.69) is 0 Å². The van der Waals surface area contributed by atoms with E-state index < -0.39 is 17.3 Å². The summed E-state index contributed by atoms with van der Waals surface area (Å²) in [6.07, 6.45) is 7.13. The minimum Gasteiger partial charge on any atom is -0.494 e. The summed E-state index contributed by atoms with van der Waals surface area (Å²) in [5.74, 6) is 0.123. The van der Waals surface area contributed by atoms with Gasteiger partial charge in [0.25, 0.3) is 0 Å². The van der Waals surface area contributed by atoms with Crippen LogP contribution in [0.1, 0.15) is 75.3 Å². The lowest BCUT2D eigenvalue weighted by Gasteiger charge is -2.59. The highest BCUT2D eigenvalue weighted by Gasteiger charge is 2.63. The highest BCUT2D eigenvalue weighted by Crippen LogP contribution is 2.63. The Morgan fingerprint density at radius 3 is 2.33 bits per heavy atom. The summed E-state index contributed by atoms with van der Waals surface area (Å²) in [5, 5.41) is 20.5. The highest BCUT2D eigenvalue weighted by atomic mass is 16.7. The first-order chi connectivity index (χ1) is 15.7. The molecule has 6 rings (SSSR count). The summed E-state index contributed by atoms with van der Waals surface area (Å²) in [7, 11) is 0. The highest BCUT2D eigenvalue weighted by molar-refractivity contribution is 5.78. The SMILES string of the molecule is Cc1c(C)c(O)n(CCC(=O)OC23CC4CC(C2)CC(C(=O)OC2CCCCO2)(C4)C3)c1O. The maximum Gasteiger partial charge on any atom is 0.314 e. The van der Waals surface area contributed by atoms with Crippen LogP contribution in [0.5, 0.6) is 11.8 Å². The van der Waals surface area contributed by atoms with Gasteiger partial charge in [0.05, 0.1) is 18.4 Å². The molecule has 0 radical (unpaired) electrons. The van der Waals surface area contributed by atoms with Crippen LogP contribution in [0.3, 0.4) is 0 Å². The van der Waals surface area contributed by atoms with Crippen LogP contribution in [-0.4, -0.2) is 45.2 Å². The summed E-state index contributed by atoms with van der Waals surface area (Å²) >= 11 is 0. The molecule has 3 atom stereocenters. The lowest BCUT2D eigenvalue weighted by atomic mass is 9.48. The van der Waals surface area contributed by atoms with Gasteiger partial charge in [0, 0.05) is 30.5 Å². The largest absolute Gasteiger partial charge is 0.494 e. The predicted octanol–water partition coefficient (Wildman–Crippen LogP) is 3.86. The van der Waals surface area contributed by atoms with Crippen LogP contribution in [0, 0.1) is 31.1 Å². The van der Waals surface area contributed by atoms with Crippen LogP contribution < -0.4 is 0 Å². The van der Waals surface area contributed by atoms with Crippen LogP contribution in [-0.2, 0) is 30.3 Å². The monoisotopic (exact) mass is 461 g/mol. The second-order valence-electron chi connectivity index (χ2n) is 10.9. The van der Waals surface area contributed by atoms with Gasteiger partial charge < -0.3 is 24.4 Å². The van der Waals surface area contributed by atoms with Gasteiger partial charge in [-0.3, -0.25) is 14.2 Å². The van der Waals surface area contributed by atoms with Gasteiger partial charge in [0.15, 0.2) is 11.8 Å². The Bertz CT molecular complexity index is 906. The fourth-order valence-electron chi connectivity index (χ4n) is 7.13. The molecule has 0 spiro atoms. The number of hydrogen-bond donors (Lipinski definition) is 2. The summed E-state index contributed by atoms with van der Waals surface area (Å²) in [4.78, 5) is 26.2.